The highest BCUT2D eigenvalue weighted by atomic mass is 32.1. The minimum absolute atomic E-state index is 0.779. The smallest absolute Gasteiger partial charge is 0.226 e. The molecule has 0 radical (unpaired) electrons. The molecular weight excluding hydrogens is 280 g/mol. The maximum Gasteiger partial charge on any atom is 0.226 e. The van der Waals surface area contributed by atoms with Crippen LogP contribution in [-0.4, -0.2) is 29.6 Å². The Balaban J connectivity index is 1.98. The van der Waals surface area contributed by atoms with Crippen molar-refractivity contribution in [3.05, 3.63) is 10.9 Å². The minimum atomic E-state index is 0.779. The van der Waals surface area contributed by atoms with Gasteiger partial charge in [0.05, 0.1) is 5.39 Å². The van der Waals surface area contributed by atoms with Crippen molar-refractivity contribution in [1.29, 1.82) is 0 Å². The fourth-order valence-electron chi connectivity index (χ4n) is 2.94. The van der Waals surface area contributed by atoms with Gasteiger partial charge in [-0.15, -0.1) is 11.3 Å². The molecule has 21 heavy (non-hydrogen) atoms. The lowest BCUT2D eigenvalue weighted by Gasteiger charge is -2.19. The molecular formula is C16H24N4S. The Morgan fingerprint density at radius 1 is 1.38 bits per heavy atom. The largest absolute Gasteiger partial charge is 0.356 e. The predicted molar refractivity (Wildman–Crippen MR) is 91.5 cm³/mol. The highest BCUT2D eigenvalue weighted by Crippen LogP contribution is 2.34. The average Bonchev–Trinajstić information content (AvgIpc) is 3.09. The summed E-state index contributed by atoms with van der Waals surface area (Å²) in [5.74, 6) is 2.71. The summed E-state index contributed by atoms with van der Waals surface area (Å²) in [5.41, 5.74) is 0. The minimum Gasteiger partial charge on any atom is -0.356 e. The van der Waals surface area contributed by atoms with E-state index >= 15 is 0 Å². The number of nitrogens with zero attached hydrogens (tertiary/aromatic N) is 3. The van der Waals surface area contributed by atoms with Crippen molar-refractivity contribution < 1.29 is 0 Å². The molecule has 0 aromatic carbocycles. The first-order valence-corrected chi connectivity index (χ1v) is 8.80. The van der Waals surface area contributed by atoms with Crippen LogP contribution in [0.1, 0.15) is 38.0 Å². The van der Waals surface area contributed by atoms with E-state index in [1.807, 2.05) is 0 Å². The van der Waals surface area contributed by atoms with E-state index in [1.54, 1.807) is 11.3 Å². The van der Waals surface area contributed by atoms with Crippen LogP contribution in [0.5, 0.6) is 0 Å². The molecule has 3 heterocycles. The second-order valence-corrected chi connectivity index (χ2v) is 7.12. The van der Waals surface area contributed by atoms with Crippen LogP contribution in [0, 0.1) is 12.8 Å². The van der Waals surface area contributed by atoms with Crippen LogP contribution < -0.4 is 10.2 Å². The average molecular weight is 304 g/mol. The Bertz CT molecular complexity index is 622. The Labute approximate surface area is 130 Å². The van der Waals surface area contributed by atoms with Gasteiger partial charge in [-0.3, -0.25) is 0 Å². The molecule has 2 aromatic heterocycles. The summed E-state index contributed by atoms with van der Waals surface area (Å²) in [4.78, 5) is 14.3. The van der Waals surface area contributed by atoms with E-state index in [-0.39, 0.29) is 0 Å². The molecule has 114 valence electrons. The van der Waals surface area contributed by atoms with Gasteiger partial charge in [0.25, 0.3) is 0 Å². The third-order valence-corrected chi connectivity index (χ3v) is 5.14. The van der Waals surface area contributed by atoms with E-state index in [0.29, 0.717) is 0 Å². The Morgan fingerprint density at radius 3 is 2.95 bits per heavy atom. The lowest BCUT2D eigenvalue weighted by atomic mass is 10.1. The Hall–Kier alpha value is -1.36. The van der Waals surface area contributed by atoms with Gasteiger partial charge in [-0.1, -0.05) is 20.3 Å². The number of aromatic nitrogens is 2. The predicted octanol–water partition coefficient (Wildman–Crippen LogP) is 4.06. The van der Waals surface area contributed by atoms with Crippen LogP contribution in [0.15, 0.2) is 6.07 Å². The van der Waals surface area contributed by atoms with Gasteiger partial charge in [0.2, 0.25) is 5.95 Å². The molecule has 1 aliphatic heterocycles. The summed E-state index contributed by atoms with van der Waals surface area (Å²) < 4.78 is 0. The Kier molecular flexibility index (Phi) is 4.29. The van der Waals surface area contributed by atoms with E-state index in [1.165, 1.54) is 23.1 Å². The highest BCUT2D eigenvalue weighted by molar-refractivity contribution is 7.18. The zero-order valence-electron chi connectivity index (χ0n) is 13.1. The topological polar surface area (TPSA) is 41.1 Å². The zero-order valence-corrected chi connectivity index (χ0v) is 14.0. The van der Waals surface area contributed by atoms with Gasteiger partial charge in [0.15, 0.2) is 0 Å². The third kappa shape index (κ3) is 2.98. The van der Waals surface area contributed by atoms with Gasteiger partial charge < -0.3 is 10.2 Å². The summed E-state index contributed by atoms with van der Waals surface area (Å²) in [6.07, 6.45) is 3.62. The fraction of sp³-hybridized carbons (Fsp3) is 0.625. The number of fused-ring (bicyclic) bond motifs is 1. The fourth-order valence-corrected chi connectivity index (χ4v) is 3.82. The highest BCUT2D eigenvalue weighted by Gasteiger charge is 2.24. The summed E-state index contributed by atoms with van der Waals surface area (Å²) in [6, 6.07) is 2.23. The van der Waals surface area contributed by atoms with E-state index in [4.69, 9.17) is 4.98 Å². The van der Waals surface area contributed by atoms with Crippen molar-refractivity contribution in [3.8, 4) is 0 Å². The monoisotopic (exact) mass is 304 g/mol. The second-order valence-electron chi connectivity index (χ2n) is 5.88. The molecule has 0 saturated carbocycles. The molecule has 5 heteroatoms. The number of rotatable bonds is 5. The molecule has 1 aliphatic rings. The zero-order chi connectivity index (χ0) is 14.8. The van der Waals surface area contributed by atoms with E-state index < -0.39 is 0 Å². The van der Waals surface area contributed by atoms with E-state index in [0.717, 1.165) is 48.6 Å². The number of hydrogen-bond donors (Lipinski definition) is 1. The summed E-state index contributed by atoms with van der Waals surface area (Å²) in [6.45, 7) is 9.76. The summed E-state index contributed by atoms with van der Waals surface area (Å²) in [5, 5.41) is 4.56. The van der Waals surface area contributed by atoms with Crippen molar-refractivity contribution in [2.75, 3.05) is 29.9 Å². The number of hydrogen-bond acceptors (Lipinski definition) is 5. The van der Waals surface area contributed by atoms with Crippen LogP contribution in [0.25, 0.3) is 10.2 Å². The van der Waals surface area contributed by atoms with Gasteiger partial charge in [-0.2, -0.15) is 4.98 Å². The molecule has 1 saturated heterocycles. The lowest BCUT2D eigenvalue weighted by Crippen LogP contribution is -2.21. The van der Waals surface area contributed by atoms with Crippen LogP contribution in [0.2, 0.25) is 0 Å². The molecule has 0 spiro atoms. The standard InChI is InChI=1S/C16H24N4S/c1-4-7-17-16-18-14(20-8-6-12(5-2)10-20)13-9-11(3)21-15(13)19-16/h9,12H,4-8,10H2,1-3H3,(H,17,18,19). The van der Waals surface area contributed by atoms with Crippen LogP contribution in [0.4, 0.5) is 11.8 Å². The molecule has 0 amide bonds. The van der Waals surface area contributed by atoms with Crippen LogP contribution in [-0.2, 0) is 0 Å². The molecule has 2 aromatic rings. The third-order valence-electron chi connectivity index (χ3n) is 4.19. The van der Waals surface area contributed by atoms with E-state index in [9.17, 15) is 0 Å². The van der Waals surface area contributed by atoms with Gasteiger partial charge in [0, 0.05) is 24.5 Å². The normalized spacial score (nSPS) is 18.6. The maximum atomic E-state index is 4.81. The van der Waals surface area contributed by atoms with Crippen molar-refractivity contribution in [2.24, 2.45) is 5.92 Å². The molecule has 0 aliphatic carbocycles. The van der Waals surface area contributed by atoms with Gasteiger partial charge >= 0.3 is 0 Å². The second kappa shape index (κ2) is 6.18. The maximum absolute atomic E-state index is 4.81. The SMILES string of the molecule is CCCNc1nc(N2CCC(CC)C2)c2cc(C)sc2n1. The molecule has 0 bridgehead atoms. The first-order chi connectivity index (χ1) is 10.2. The molecule has 1 fully saturated rings. The first-order valence-electron chi connectivity index (χ1n) is 7.98. The summed E-state index contributed by atoms with van der Waals surface area (Å²) in [7, 11) is 0. The van der Waals surface area contributed by atoms with Crippen LogP contribution in [0.3, 0.4) is 0 Å². The van der Waals surface area contributed by atoms with Crippen LogP contribution >= 0.6 is 11.3 Å². The Morgan fingerprint density at radius 2 is 2.24 bits per heavy atom. The van der Waals surface area contributed by atoms with Crippen molar-refractivity contribution in [2.45, 2.75) is 40.0 Å². The molecule has 1 unspecified atom stereocenters. The first kappa shape index (κ1) is 14.6. The molecule has 3 rings (SSSR count). The molecule has 1 N–H and O–H groups in total. The summed E-state index contributed by atoms with van der Waals surface area (Å²) >= 11 is 1.76. The van der Waals surface area contributed by atoms with Crippen molar-refractivity contribution >= 4 is 33.3 Å². The quantitative estimate of drug-likeness (QED) is 0.904. The number of nitrogens with one attached hydrogen (secondary N) is 1. The van der Waals surface area contributed by atoms with E-state index in [2.05, 4.69) is 42.0 Å². The number of aryl methyl sites for hydroxylation is 1. The van der Waals surface area contributed by atoms with Crippen molar-refractivity contribution in [3.63, 3.8) is 0 Å². The molecule has 1 atom stereocenters. The number of anilines is 2. The van der Waals surface area contributed by atoms with Crippen molar-refractivity contribution in [1.82, 2.24) is 9.97 Å². The number of thiophene rings is 1. The lowest BCUT2D eigenvalue weighted by molar-refractivity contribution is 0.569. The van der Waals surface area contributed by atoms with Gasteiger partial charge in [-0.25, -0.2) is 4.98 Å². The molecule has 4 nitrogen and oxygen atoms in total. The van der Waals surface area contributed by atoms with Gasteiger partial charge in [-0.05, 0) is 31.7 Å². The van der Waals surface area contributed by atoms with Gasteiger partial charge in [0.1, 0.15) is 10.6 Å².